The molecule has 1 aliphatic rings. The normalized spacial score (nSPS) is 14.8. The summed E-state index contributed by atoms with van der Waals surface area (Å²) in [5, 5.41) is 3.35. The van der Waals surface area contributed by atoms with Crippen molar-refractivity contribution in [1.82, 2.24) is 14.8 Å². The van der Waals surface area contributed by atoms with Crippen LogP contribution in [0.4, 0.5) is 9.93 Å². The number of aryl methyl sites for hydroxylation is 1. The van der Waals surface area contributed by atoms with Crippen LogP contribution in [-0.4, -0.2) is 52.8 Å². The van der Waals surface area contributed by atoms with Crippen LogP contribution < -0.4 is 5.32 Å². The van der Waals surface area contributed by atoms with Crippen molar-refractivity contribution in [2.24, 2.45) is 0 Å². The largest absolute Gasteiger partial charge is 0.326 e. The summed E-state index contributed by atoms with van der Waals surface area (Å²) in [6.45, 7) is 2.35. The monoisotopic (exact) mass is 346 g/mol. The second-order valence-electron chi connectivity index (χ2n) is 5.78. The van der Waals surface area contributed by atoms with Crippen LogP contribution in [0.3, 0.4) is 0 Å². The minimum atomic E-state index is -0.304. The summed E-state index contributed by atoms with van der Waals surface area (Å²) in [4.78, 5) is 42.4. The molecule has 0 saturated carbocycles. The first-order chi connectivity index (χ1) is 11.5. The molecule has 1 aromatic carbocycles. The van der Waals surface area contributed by atoms with Crippen molar-refractivity contribution in [3.05, 3.63) is 23.8 Å². The maximum atomic E-state index is 12.0. The summed E-state index contributed by atoms with van der Waals surface area (Å²) < 4.78 is 1.03. The Balaban J connectivity index is 1.53. The van der Waals surface area contributed by atoms with Crippen LogP contribution in [0, 0.1) is 6.92 Å². The van der Waals surface area contributed by atoms with Crippen molar-refractivity contribution in [3.8, 4) is 0 Å². The smallest absolute Gasteiger partial charge is 0.318 e. The van der Waals surface area contributed by atoms with Crippen molar-refractivity contribution in [2.45, 2.75) is 19.8 Å². The number of urea groups is 1. The van der Waals surface area contributed by atoms with Gasteiger partial charge in [-0.05, 0) is 25.0 Å². The van der Waals surface area contributed by atoms with E-state index in [9.17, 15) is 14.4 Å². The van der Waals surface area contributed by atoms with Crippen LogP contribution in [0.1, 0.15) is 18.4 Å². The second-order valence-corrected chi connectivity index (χ2v) is 6.81. The van der Waals surface area contributed by atoms with Gasteiger partial charge in [-0.25, -0.2) is 9.78 Å². The first-order valence-corrected chi connectivity index (χ1v) is 8.49. The Morgan fingerprint density at radius 1 is 1.38 bits per heavy atom. The number of rotatable bonds is 5. The Morgan fingerprint density at radius 3 is 2.83 bits per heavy atom. The van der Waals surface area contributed by atoms with E-state index in [1.165, 1.54) is 21.1 Å². The quantitative estimate of drug-likeness (QED) is 0.842. The molecule has 4 amide bonds. The number of hydrogen-bond donors (Lipinski definition) is 1. The molecular formula is C16H18N4O3S. The first-order valence-electron chi connectivity index (χ1n) is 7.67. The number of likely N-dealkylation sites (N-methyl/N-ethyl adjacent to an activating group) is 1. The number of nitrogens with one attached hydrogen (secondary N) is 1. The van der Waals surface area contributed by atoms with Crippen LogP contribution in [0.25, 0.3) is 10.2 Å². The van der Waals surface area contributed by atoms with E-state index in [0.717, 1.165) is 15.8 Å². The molecule has 1 aromatic heterocycles. The fourth-order valence-corrected chi connectivity index (χ4v) is 3.57. The molecule has 3 rings (SSSR count). The lowest BCUT2D eigenvalue weighted by Crippen LogP contribution is -2.32. The van der Waals surface area contributed by atoms with Crippen LogP contribution in [0.15, 0.2) is 18.2 Å². The molecule has 1 fully saturated rings. The maximum Gasteiger partial charge on any atom is 0.326 e. The predicted molar refractivity (Wildman–Crippen MR) is 92.0 cm³/mol. The molecule has 0 unspecified atom stereocenters. The number of anilines is 1. The molecule has 2 aromatic rings. The summed E-state index contributed by atoms with van der Waals surface area (Å²) in [6, 6.07) is 5.61. The number of carbonyl (C=O) groups excluding carboxylic acids is 3. The second kappa shape index (κ2) is 6.56. The molecule has 0 aliphatic carbocycles. The van der Waals surface area contributed by atoms with Gasteiger partial charge in [-0.1, -0.05) is 23.5 Å². The standard InChI is InChI=1S/C16H18N4O3S/c1-10-5-3-6-11-14(10)18-15(24-11)17-12(21)7-4-8-20-13(22)9-19(2)16(20)23/h3,5-6H,4,7-9H2,1-2H3,(H,17,18,21). The van der Waals surface area contributed by atoms with Crippen LogP contribution in [0.2, 0.25) is 0 Å². The maximum absolute atomic E-state index is 12.0. The Bertz CT molecular complexity index is 817. The van der Waals surface area contributed by atoms with Gasteiger partial charge in [0.05, 0.1) is 10.2 Å². The summed E-state index contributed by atoms with van der Waals surface area (Å²) >= 11 is 1.43. The molecule has 126 valence electrons. The first kappa shape index (κ1) is 16.4. The Morgan fingerprint density at radius 2 is 2.17 bits per heavy atom. The molecule has 0 radical (unpaired) electrons. The van der Waals surface area contributed by atoms with Gasteiger partial charge >= 0.3 is 6.03 Å². The van der Waals surface area contributed by atoms with Crippen molar-refractivity contribution in [2.75, 3.05) is 25.5 Å². The van der Waals surface area contributed by atoms with Crippen molar-refractivity contribution in [1.29, 1.82) is 0 Å². The lowest BCUT2D eigenvalue weighted by molar-refractivity contribution is -0.125. The number of fused-ring (bicyclic) bond motifs is 1. The van der Waals surface area contributed by atoms with E-state index in [1.807, 2.05) is 25.1 Å². The van der Waals surface area contributed by atoms with Crippen LogP contribution in [-0.2, 0) is 9.59 Å². The number of para-hydroxylation sites is 1. The van der Waals surface area contributed by atoms with Gasteiger partial charge in [0.1, 0.15) is 6.54 Å². The van der Waals surface area contributed by atoms with E-state index < -0.39 is 0 Å². The van der Waals surface area contributed by atoms with Crippen molar-refractivity contribution in [3.63, 3.8) is 0 Å². The third-order valence-electron chi connectivity index (χ3n) is 3.88. The molecule has 8 heteroatoms. The highest BCUT2D eigenvalue weighted by atomic mass is 32.1. The zero-order valence-corrected chi connectivity index (χ0v) is 14.4. The molecule has 1 aliphatic heterocycles. The van der Waals surface area contributed by atoms with Crippen LogP contribution in [0.5, 0.6) is 0 Å². The molecule has 7 nitrogen and oxygen atoms in total. The molecule has 1 saturated heterocycles. The third-order valence-corrected chi connectivity index (χ3v) is 4.82. The fraction of sp³-hybridized carbons (Fsp3) is 0.375. The number of hydrogen-bond acceptors (Lipinski definition) is 5. The number of benzene rings is 1. The van der Waals surface area contributed by atoms with Gasteiger partial charge in [0.15, 0.2) is 5.13 Å². The van der Waals surface area contributed by atoms with E-state index in [4.69, 9.17) is 0 Å². The third kappa shape index (κ3) is 3.23. The molecule has 24 heavy (non-hydrogen) atoms. The highest BCUT2D eigenvalue weighted by Crippen LogP contribution is 2.27. The van der Waals surface area contributed by atoms with E-state index in [0.29, 0.717) is 11.6 Å². The molecule has 1 N–H and O–H groups in total. The summed E-state index contributed by atoms with van der Waals surface area (Å²) in [5.41, 5.74) is 1.97. The van der Waals surface area contributed by atoms with Gasteiger partial charge in [-0.3, -0.25) is 14.5 Å². The summed E-state index contributed by atoms with van der Waals surface area (Å²) in [7, 11) is 1.59. The molecule has 0 bridgehead atoms. The average molecular weight is 346 g/mol. The molecule has 2 heterocycles. The van der Waals surface area contributed by atoms with Crippen molar-refractivity contribution >= 4 is 44.5 Å². The number of nitrogens with zero attached hydrogens (tertiary/aromatic N) is 3. The topological polar surface area (TPSA) is 82.6 Å². The Labute approximate surface area is 143 Å². The highest BCUT2D eigenvalue weighted by molar-refractivity contribution is 7.22. The number of aromatic nitrogens is 1. The van der Waals surface area contributed by atoms with E-state index in [2.05, 4.69) is 10.3 Å². The van der Waals surface area contributed by atoms with Crippen molar-refractivity contribution < 1.29 is 14.4 Å². The lowest BCUT2D eigenvalue weighted by atomic mass is 10.2. The Kier molecular flexibility index (Phi) is 4.48. The van der Waals surface area contributed by atoms with Gasteiger partial charge in [-0.15, -0.1) is 0 Å². The van der Waals surface area contributed by atoms with E-state index in [1.54, 1.807) is 7.05 Å². The fourth-order valence-electron chi connectivity index (χ4n) is 2.61. The van der Waals surface area contributed by atoms with E-state index in [-0.39, 0.29) is 37.4 Å². The SMILES string of the molecule is Cc1cccc2sc(NC(=O)CCCN3C(=O)CN(C)C3=O)nc12. The predicted octanol–water partition coefficient (Wildman–Crippen LogP) is 2.22. The number of amides is 4. The zero-order chi connectivity index (χ0) is 17.3. The molecular weight excluding hydrogens is 328 g/mol. The lowest BCUT2D eigenvalue weighted by Gasteiger charge is -2.13. The van der Waals surface area contributed by atoms with Gasteiger partial charge in [0, 0.05) is 20.0 Å². The molecule has 0 spiro atoms. The average Bonchev–Trinajstić information content (AvgIpc) is 3.03. The summed E-state index contributed by atoms with van der Waals surface area (Å²) in [6.07, 6.45) is 0.663. The van der Waals surface area contributed by atoms with Gasteiger partial charge in [-0.2, -0.15) is 0 Å². The van der Waals surface area contributed by atoms with Crippen LogP contribution >= 0.6 is 11.3 Å². The zero-order valence-electron chi connectivity index (χ0n) is 13.5. The number of carbonyl (C=O) groups is 3. The summed E-state index contributed by atoms with van der Waals surface area (Å²) in [5.74, 6) is -0.385. The van der Waals surface area contributed by atoms with Gasteiger partial charge in [0.25, 0.3) is 0 Å². The van der Waals surface area contributed by atoms with Gasteiger partial charge in [0.2, 0.25) is 11.8 Å². The van der Waals surface area contributed by atoms with Gasteiger partial charge < -0.3 is 10.2 Å². The minimum Gasteiger partial charge on any atom is -0.318 e. The molecule has 0 atom stereocenters. The minimum absolute atomic E-state index is 0.107. The number of imide groups is 1. The Hall–Kier alpha value is -2.48. The highest BCUT2D eigenvalue weighted by Gasteiger charge is 2.32. The van der Waals surface area contributed by atoms with E-state index >= 15 is 0 Å². The number of thiazole rings is 1.